The minimum atomic E-state index is -1.13. The van der Waals surface area contributed by atoms with Gasteiger partial charge in [0.1, 0.15) is 5.76 Å². The fourth-order valence-corrected chi connectivity index (χ4v) is 3.40. The standard InChI is InChI=1S/C22H21NO7/c1-12-3-5-13(6-4-12)20(27)18-19(14-7-8-15(24)16(11-14)30-2)23(10-9-17(25)26)22(29)21(18)28/h3-8,11,19,24,27H,9-10H2,1-2H3,(H,25,26)/b20-18+. The third kappa shape index (κ3) is 3.84. The molecule has 1 aliphatic heterocycles. The summed E-state index contributed by atoms with van der Waals surface area (Å²) in [6, 6.07) is 10.0. The number of Topliss-reactive ketones (excluding diaryl/α,β-unsaturated/α-hetero) is 1. The van der Waals surface area contributed by atoms with E-state index in [0.29, 0.717) is 11.1 Å². The molecule has 1 amide bonds. The van der Waals surface area contributed by atoms with Crippen LogP contribution in [0, 0.1) is 6.92 Å². The maximum atomic E-state index is 12.8. The summed E-state index contributed by atoms with van der Waals surface area (Å²) in [6.07, 6.45) is -0.372. The minimum Gasteiger partial charge on any atom is -0.507 e. The highest BCUT2D eigenvalue weighted by Crippen LogP contribution is 2.41. The van der Waals surface area contributed by atoms with Crippen molar-refractivity contribution >= 4 is 23.4 Å². The fraction of sp³-hybridized carbons (Fsp3) is 0.227. The molecule has 0 bridgehead atoms. The van der Waals surface area contributed by atoms with Crippen LogP contribution in [0.2, 0.25) is 0 Å². The van der Waals surface area contributed by atoms with Crippen LogP contribution in [0.25, 0.3) is 5.76 Å². The Kier molecular flexibility index (Phi) is 5.77. The fourth-order valence-electron chi connectivity index (χ4n) is 3.40. The Hall–Kier alpha value is -3.81. The highest BCUT2D eigenvalue weighted by Gasteiger charge is 2.46. The van der Waals surface area contributed by atoms with Crippen LogP contribution in [0.1, 0.15) is 29.2 Å². The van der Waals surface area contributed by atoms with Crippen LogP contribution in [-0.2, 0) is 14.4 Å². The molecule has 1 heterocycles. The molecular formula is C22H21NO7. The number of carboxylic acid groups (broad SMARTS) is 1. The first kappa shape index (κ1) is 20.9. The van der Waals surface area contributed by atoms with Crippen LogP contribution >= 0.6 is 0 Å². The summed E-state index contributed by atoms with van der Waals surface area (Å²) in [7, 11) is 1.35. The number of amides is 1. The number of aliphatic hydroxyl groups is 1. The van der Waals surface area contributed by atoms with E-state index in [-0.39, 0.29) is 35.8 Å². The number of carbonyl (C=O) groups is 3. The van der Waals surface area contributed by atoms with Gasteiger partial charge in [0.2, 0.25) is 0 Å². The van der Waals surface area contributed by atoms with Gasteiger partial charge in [-0.3, -0.25) is 14.4 Å². The predicted octanol–water partition coefficient (Wildman–Crippen LogP) is 2.61. The third-order valence-corrected chi connectivity index (χ3v) is 4.95. The van der Waals surface area contributed by atoms with E-state index in [4.69, 9.17) is 9.84 Å². The molecule has 3 rings (SSSR count). The maximum absolute atomic E-state index is 12.8. The smallest absolute Gasteiger partial charge is 0.305 e. The van der Waals surface area contributed by atoms with Crippen molar-refractivity contribution < 1.29 is 34.4 Å². The summed E-state index contributed by atoms with van der Waals surface area (Å²) in [4.78, 5) is 37.7. The average Bonchev–Trinajstić information content (AvgIpc) is 2.97. The Morgan fingerprint density at radius 2 is 1.77 bits per heavy atom. The summed E-state index contributed by atoms with van der Waals surface area (Å²) < 4.78 is 5.11. The Morgan fingerprint density at radius 1 is 1.10 bits per heavy atom. The monoisotopic (exact) mass is 411 g/mol. The molecule has 0 aromatic heterocycles. The molecule has 0 spiro atoms. The number of aryl methyl sites for hydroxylation is 1. The van der Waals surface area contributed by atoms with Crippen LogP contribution < -0.4 is 4.74 Å². The summed E-state index contributed by atoms with van der Waals surface area (Å²) in [5, 5.41) is 29.8. The molecule has 0 saturated carbocycles. The van der Waals surface area contributed by atoms with Crippen molar-refractivity contribution in [1.82, 2.24) is 4.90 Å². The number of likely N-dealkylation sites (tertiary alicyclic amines) is 1. The molecule has 156 valence electrons. The van der Waals surface area contributed by atoms with Crippen LogP contribution in [0.4, 0.5) is 0 Å². The average molecular weight is 411 g/mol. The molecule has 2 aromatic carbocycles. The van der Waals surface area contributed by atoms with Gasteiger partial charge in [-0.1, -0.05) is 35.9 Å². The number of hydrogen-bond donors (Lipinski definition) is 3. The summed E-state index contributed by atoms with van der Waals surface area (Å²) in [5.74, 6) is -3.31. The number of ketones is 1. The minimum absolute atomic E-state index is 0.117. The van der Waals surface area contributed by atoms with E-state index < -0.39 is 23.7 Å². The Labute approximate surface area is 172 Å². The number of carboxylic acids is 1. The van der Waals surface area contributed by atoms with Crippen molar-refractivity contribution in [3.8, 4) is 11.5 Å². The van der Waals surface area contributed by atoms with Crippen molar-refractivity contribution in [2.45, 2.75) is 19.4 Å². The summed E-state index contributed by atoms with van der Waals surface area (Å²) in [5.41, 5.74) is 1.55. The van der Waals surface area contributed by atoms with Gasteiger partial charge in [-0.05, 0) is 24.6 Å². The number of methoxy groups -OCH3 is 1. The van der Waals surface area contributed by atoms with Gasteiger partial charge in [-0.2, -0.15) is 0 Å². The second-order valence-electron chi connectivity index (χ2n) is 6.93. The molecule has 3 N–H and O–H groups in total. The summed E-state index contributed by atoms with van der Waals surface area (Å²) in [6.45, 7) is 1.65. The lowest BCUT2D eigenvalue weighted by molar-refractivity contribution is -0.142. The van der Waals surface area contributed by atoms with Crippen LogP contribution in [0.5, 0.6) is 11.5 Å². The predicted molar refractivity (Wildman–Crippen MR) is 107 cm³/mol. The quantitative estimate of drug-likeness (QED) is 0.379. The lowest BCUT2D eigenvalue weighted by atomic mass is 9.94. The first-order chi connectivity index (χ1) is 14.2. The first-order valence-corrected chi connectivity index (χ1v) is 9.18. The number of carbonyl (C=O) groups excluding carboxylic acids is 2. The van der Waals surface area contributed by atoms with Gasteiger partial charge in [0, 0.05) is 12.1 Å². The Bertz CT molecular complexity index is 1040. The zero-order valence-electron chi connectivity index (χ0n) is 16.5. The molecule has 1 saturated heterocycles. The number of phenols is 1. The zero-order chi connectivity index (χ0) is 22.0. The number of benzene rings is 2. The highest BCUT2D eigenvalue weighted by atomic mass is 16.5. The van der Waals surface area contributed by atoms with Crippen LogP contribution in [0.15, 0.2) is 48.0 Å². The highest BCUT2D eigenvalue weighted by molar-refractivity contribution is 6.46. The summed E-state index contributed by atoms with van der Waals surface area (Å²) >= 11 is 0. The second-order valence-corrected chi connectivity index (χ2v) is 6.93. The van der Waals surface area contributed by atoms with E-state index in [9.17, 15) is 24.6 Å². The molecule has 30 heavy (non-hydrogen) atoms. The molecule has 1 aliphatic rings. The molecular weight excluding hydrogens is 390 g/mol. The van der Waals surface area contributed by atoms with Gasteiger partial charge in [0.05, 0.1) is 25.1 Å². The van der Waals surface area contributed by atoms with Gasteiger partial charge in [0.15, 0.2) is 11.5 Å². The number of hydrogen-bond acceptors (Lipinski definition) is 6. The molecule has 1 unspecified atom stereocenters. The van der Waals surface area contributed by atoms with Gasteiger partial charge in [-0.25, -0.2) is 0 Å². The van der Waals surface area contributed by atoms with Gasteiger partial charge in [0.25, 0.3) is 11.7 Å². The SMILES string of the molecule is COc1cc(C2/C(=C(\O)c3ccc(C)cc3)C(=O)C(=O)N2CCC(=O)O)ccc1O. The van der Waals surface area contributed by atoms with Crippen LogP contribution in [-0.4, -0.2) is 51.5 Å². The van der Waals surface area contributed by atoms with Gasteiger partial charge >= 0.3 is 5.97 Å². The third-order valence-electron chi connectivity index (χ3n) is 4.95. The van der Waals surface area contributed by atoms with Crippen LogP contribution in [0.3, 0.4) is 0 Å². The zero-order valence-corrected chi connectivity index (χ0v) is 16.5. The van der Waals surface area contributed by atoms with E-state index in [1.165, 1.54) is 25.3 Å². The number of nitrogens with zero attached hydrogens (tertiary/aromatic N) is 1. The molecule has 0 aliphatic carbocycles. The Balaban J connectivity index is 2.18. The van der Waals surface area contributed by atoms with Crippen molar-refractivity contribution in [3.05, 3.63) is 64.7 Å². The van der Waals surface area contributed by atoms with E-state index in [2.05, 4.69) is 0 Å². The topological polar surface area (TPSA) is 124 Å². The number of ether oxygens (including phenoxy) is 1. The number of rotatable bonds is 6. The molecule has 8 heteroatoms. The number of aliphatic carboxylic acids is 1. The normalized spacial score (nSPS) is 17.9. The number of aromatic hydroxyl groups is 1. The van der Waals surface area contributed by atoms with E-state index >= 15 is 0 Å². The molecule has 8 nitrogen and oxygen atoms in total. The molecule has 2 aromatic rings. The van der Waals surface area contributed by atoms with Gasteiger partial charge in [-0.15, -0.1) is 0 Å². The van der Waals surface area contributed by atoms with Gasteiger partial charge < -0.3 is 25.0 Å². The number of phenolic OH excluding ortho intramolecular Hbond substituents is 1. The van der Waals surface area contributed by atoms with E-state index in [0.717, 1.165) is 10.5 Å². The van der Waals surface area contributed by atoms with Crippen molar-refractivity contribution in [2.75, 3.05) is 13.7 Å². The van der Waals surface area contributed by atoms with Crippen molar-refractivity contribution in [3.63, 3.8) is 0 Å². The van der Waals surface area contributed by atoms with Crippen molar-refractivity contribution in [2.24, 2.45) is 0 Å². The Morgan fingerprint density at radius 3 is 2.37 bits per heavy atom. The second kappa shape index (κ2) is 8.28. The molecule has 0 radical (unpaired) electrons. The lowest BCUT2D eigenvalue weighted by Gasteiger charge is -2.25. The van der Waals surface area contributed by atoms with Crippen molar-refractivity contribution in [1.29, 1.82) is 0 Å². The lowest BCUT2D eigenvalue weighted by Crippen LogP contribution is -2.31. The number of aliphatic hydroxyl groups excluding tert-OH is 1. The molecule has 1 atom stereocenters. The van der Waals surface area contributed by atoms with E-state index in [1.54, 1.807) is 24.3 Å². The largest absolute Gasteiger partial charge is 0.507 e. The maximum Gasteiger partial charge on any atom is 0.305 e. The first-order valence-electron chi connectivity index (χ1n) is 9.18. The van der Waals surface area contributed by atoms with E-state index in [1.807, 2.05) is 6.92 Å². The molecule has 1 fully saturated rings.